The number of nitrogens with zero attached hydrogens (tertiary/aromatic N) is 2. The first kappa shape index (κ1) is 12.3. The summed E-state index contributed by atoms with van der Waals surface area (Å²) >= 11 is 0. The molecule has 0 aliphatic heterocycles. The van der Waals surface area contributed by atoms with E-state index in [4.69, 9.17) is 5.11 Å². The minimum atomic E-state index is -1.49. The van der Waals surface area contributed by atoms with Crippen LogP contribution in [-0.2, 0) is 11.2 Å². The molecule has 0 aliphatic carbocycles. The number of carboxylic acid groups (broad SMARTS) is 1. The van der Waals surface area contributed by atoms with Crippen LogP contribution in [0.2, 0.25) is 0 Å². The summed E-state index contributed by atoms with van der Waals surface area (Å²) < 4.78 is 0. The number of carbonyl (C=O) groups is 2. The molecule has 5 heteroatoms. The molecule has 0 atom stereocenters. The van der Waals surface area contributed by atoms with Crippen LogP contribution in [0.5, 0.6) is 0 Å². The summed E-state index contributed by atoms with van der Waals surface area (Å²) in [6, 6.07) is 1.32. The molecule has 0 aliphatic rings. The van der Waals surface area contributed by atoms with Gasteiger partial charge in [-0.15, -0.1) is 0 Å². The largest absolute Gasteiger partial charge is 0.475 e. The second kappa shape index (κ2) is 5.95. The number of carbonyl (C=O) groups excluding carboxylic acids is 1. The molecule has 0 spiro atoms. The standard InChI is InChI=1S/C11H14N2O3/c1-2-3-4-5-9-12-7-6-8(13-9)10(14)11(15)16/h6-7H,2-5H2,1H3,(H,15,16). The van der Waals surface area contributed by atoms with Crippen molar-refractivity contribution in [3.8, 4) is 0 Å². The van der Waals surface area contributed by atoms with Gasteiger partial charge in [0.2, 0.25) is 0 Å². The molecule has 5 nitrogen and oxygen atoms in total. The second-order valence-corrected chi connectivity index (χ2v) is 3.45. The molecule has 0 saturated carbocycles. The van der Waals surface area contributed by atoms with Crippen molar-refractivity contribution in [2.24, 2.45) is 0 Å². The molecule has 1 aromatic rings. The third-order valence-electron chi connectivity index (χ3n) is 2.14. The Hall–Kier alpha value is -1.78. The van der Waals surface area contributed by atoms with E-state index in [2.05, 4.69) is 16.9 Å². The van der Waals surface area contributed by atoms with Crippen LogP contribution in [-0.4, -0.2) is 26.8 Å². The fourth-order valence-electron chi connectivity index (χ4n) is 1.29. The van der Waals surface area contributed by atoms with E-state index in [9.17, 15) is 9.59 Å². The molecule has 1 rings (SSSR count). The molecular weight excluding hydrogens is 208 g/mol. The highest BCUT2D eigenvalue weighted by Gasteiger charge is 2.16. The summed E-state index contributed by atoms with van der Waals surface area (Å²) in [6.45, 7) is 2.09. The monoisotopic (exact) mass is 222 g/mol. The molecule has 1 N–H and O–H groups in total. The number of carboxylic acids is 1. The van der Waals surface area contributed by atoms with Crippen LogP contribution in [0.3, 0.4) is 0 Å². The summed E-state index contributed by atoms with van der Waals surface area (Å²) in [7, 11) is 0. The lowest BCUT2D eigenvalue weighted by Crippen LogP contribution is -2.15. The van der Waals surface area contributed by atoms with Crippen LogP contribution in [0, 0.1) is 0 Å². The van der Waals surface area contributed by atoms with Crippen molar-refractivity contribution in [2.45, 2.75) is 32.6 Å². The van der Waals surface area contributed by atoms with Gasteiger partial charge in [-0.2, -0.15) is 0 Å². The molecule has 16 heavy (non-hydrogen) atoms. The summed E-state index contributed by atoms with van der Waals surface area (Å²) in [5.41, 5.74) is -0.0472. The van der Waals surface area contributed by atoms with E-state index >= 15 is 0 Å². The van der Waals surface area contributed by atoms with Crippen LogP contribution in [0.25, 0.3) is 0 Å². The summed E-state index contributed by atoms with van der Waals surface area (Å²) in [4.78, 5) is 29.5. The van der Waals surface area contributed by atoms with Crippen molar-refractivity contribution in [1.82, 2.24) is 9.97 Å². The lowest BCUT2D eigenvalue weighted by molar-refractivity contribution is -0.131. The third-order valence-corrected chi connectivity index (χ3v) is 2.14. The first-order valence-electron chi connectivity index (χ1n) is 5.24. The minimum absolute atomic E-state index is 0.0472. The maximum atomic E-state index is 11.1. The Labute approximate surface area is 93.5 Å². The van der Waals surface area contributed by atoms with Crippen molar-refractivity contribution in [3.63, 3.8) is 0 Å². The molecule has 0 radical (unpaired) electrons. The molecule has 1 heterocycles. The third kappa shape index (κ3) is 3.42. The number of aromatic nitrogens is 2. The number of aryl methyl sites for hydroxylation is 1. The molecule has 0 fully saturated rings. The molecule has 0 aromatic carbocycles. The number of unbranched alkanes of at least 4 members (excludes halogenated alkanes) is 2. The number of rotatable bonds is 6. The number of aliphatic carboxylic acids is 1. The van der Waals surface area contributed by atoms with Crippen molar-refractivity contribution in [2.75, 3.05) is 0 Å². The maximum absolute atomic E-state index is 11.1. The van der Waals surface area contributed by atoms with Gasteiger partial charge in [-0.1, -0.05) is 19.8 Å². The first-order valence-corrected chi connectivity index (χ1v) is 5.24. The average Bonchev–Trinajstić information content (AvgIpc) is 2.29. The Morgan fingerprint density at radius 1 is 1.38 bits per heavy atom. The average molecular weight is 222 g/mol. The van der Waals surface area contributed by atoms with Crippen LogP contribution in [0.15, 0.2) is 12.3 Å². The molecular formula is C11H14N2O3. The van der Waals surface area contributed by atoms with Crippen LogP contribution < -0.4 is 0 Å². The van der Waals surface area contributed by atoms with Crippen LogP contribution in [0.4, 0.5) is 0 Å². The van der Waals surface area contributed by atoms with Gasteiger partial charge in [0, 0.05) is 12.6 Å². The van der Waals surface area contributed by atoms with Crippen LogP contribution in [0.1, 0.15) is 42.5 Å². The van der Waals surface area contributed by atoms with Gasteiger partial charge in [-0.25, -0.2) is 14.8 Å². The molecule has 0 unspecified atom stereocenters. The Kier molecular flexibility index (Phi) is 4.57. The van der Waals surface area contributed by atoms with Gasteiger partial charge in [0.25, 0.3) is 5.78 Å². The van der Waals surface area contributed by atoms with Gasteiger partial charge in [0.15, 0.2) is 0 Å². The van der Waals surface area contributed by atoms with Gasteiger partial charge >= 0.3 is 5.97 Å². The zero-order valence-corrected chi connectivity index (χ0v) is 9.14. The van der Waals surface area contributed by atoms with Gasteiger partial charge in [-0.3, -0.25) is 4.79 Å². The van der Waals surface area contributed by atoms with Gasteiger partial charge < -0.3 is 5.11 Å². The summed E-state index contributed by atoms with van der Waals surface area (Å²) in [5, 5.41) is 8.53. The van der Waals surface area contributed by atoms with Crippen molar-refractivity contribution in [1.29, 1.82) is 0 Å². The predicted molar refractivity (Wildman–Crippen MR) is 57.2 cm³/mol. The number of Topliss-reactive ketones (excluding diaryl/α,β-unsaturated/α-hetero) is 1. The molecule has 1 aromatic heterocycles. The Bertz CT molecular complexity index is 391. The second-order valence-electron chi connectivity index (χ2n) is 3.45. The van der Waals surface area contributed by atoms with Gasteiger partial charge in [0.05, 0.1) is 0 Å². The number of hydrogen-bond acceptors (Lipinski definition) is 4. The zero-order chi connectivity index (χ0) is 12.0. The van der Waals surface area contributed by atoms with E-state index in [1.165, 1.54) is 12.3 Å². The minimum Gasteiger partial charge on any atom is -0.475 e. The number of ketones is 1. The van der Waals surface area contributed by atoms with Gasteiger partial charge in [-0.05, 0) is 12.5 Å². The van der Waals surface area contributed by atoms with Gasteiger partial charge in [0.1, 0.15) is 11.5 Å². The molecule has 0 saturated heterocycles. The van der Waals surface area contributed by atoms with Crippen LogP contribution >= 0.6 is 0 Å². The normalized spacial score (nSPS) is 10.1. The Morgan fingerprint density at radius 3 is 2.75 bits per heavy atom. The SMILES string of the molecule is CCCCCc1nccc(C(=O)C(=O)O)n1. The van der Waals surface area contributed by atoms with Crippen molar-refractivity contribution in [3.05, 3.63) is 23.8 Å². The highest BCUT2D eigenvalue weighted by Crippen LogP contribution is 2.03. The lowest BCUT2D eigenvalue weighted by Gasteiger charge is -2.00. The van der Waals surface area contributed by atoms with E-state index in [0.717, 1.165) is 19.3 Å². The van der Waals surface area contributed by atoms with E-state index in [-0.39, 0.29) is 5.69 Å². The van der Waals surface area contributed by atoms with E-state index in [1.54, 1.807) is 0 Å². The van der Waals surface area contributed by atoms with Crippen molar-refractivity contribution < 1.29 is 14.7 Å². The predicted octanol–water partition coefficient (Wildman–Crippen LogP) is 1.48. The topological polar surface area (TPSA) is 80.2 Å². The zero-order valence-electron chi connectivity index (χ0n) is 9.14. The molecule has 86 valence electrons. The maximum Gasteiger partial charge on any atom is 0.378 e. The quantitative estimate of drug-likeness (QED) is 0.448. The lowest BCUT2D eigenvalue weighted by atomic mass is 10.2. The molecule has 0 bridgehead atoms. The summed E-state index contributed by atoms with van der Waals surface area (Å²) in [5.74, 6) is -1.95. The highest BCUT2D eigenvalue weighted by molar-refractivity contribution is 6.39. The van der Waals surface area contributed by atoms with Crippen molar-refractivity contribution >= 4 is 11.8 Å². The fourth-order valence-corrected chi connectivity index (χ4v) is 1.29. The Morgan fingerprint density at radius 2 is 2.12 bits per heavy atom. The first-order chi connectivity index (χ1) is 7.65. The Balaban J connectivity index is 2.71. The van der Waals surface area contributed by atoms with E-state index in [1.807, 2.05) is 0 Å². The van der Waals surface area contributed by atoms with E-state index < -0.39 is 11.8 Å². The summed E-state index contributed by atoms with van der Waals surface area (Å²) in [6.07, 6.45) is 5.20. The fraction of sp³-hybridized carbons (Fsp3) is 0.455. The number of hydrogen-bond donors (Lipinski definition) is 1. The smallest absolute Gasteiger partial charge is 0.378 e. The highest BCUT2D eigenvalue weighted by atomic mass is 16.4. The van der Waals surface area contributed by atoms with E-state index in [0.29, 0.717) is 12.2 Å². The molecule has 0 amide bonds.